The minimum absolute atomic E-state index is 0.0369. The number of nitrogens with zero attached hydrogens (tertiary/aromatic N) is 4. The average molecular weight is 407 g/mol. The second-order valence-electron chi connectivity index (χ2n) is 7.36. The Hall–Kier alpha value is -3.52. The predicted octanol–water partition coefficient (Wildman–Crippen LogP) is 4.03. The Labute approximate surface area is 175 Å². The lowest BCUT2D eigenvalue weighted by molar-refractivity contribution is -0.384. The molecule has 0 spiro atoms. The maximum Gasteiger partial charge on any atom is 0.269 e. The third-order valence-electron chi connectivity index (χ3n) is 5.06. The van der Waals surface area contributed by atoms with Crippen LogP contribution in [0.15, 0.2) is 54.6 Å². The molecule has 0 saturated heterocycles. The Morgan fingerprint density at radius 1 is 1.20 bits per heavy atom. The molecule has 0 bridgehead atoms. The van der Waals surface area contributed by atoms with Crippen LogP contribution in [0.1, 0.15) is 29.8 Å². The molecular formula is C22H25N5O3. The monoisotopic (exact) mass is 407 g/mol. The first-order chi connectivity index (χ1) is 14.3. The van der Waals surface area contributed by atoms with E-state index >= 15 is 0 Å². The number of nitrogens with one attached hydrogen (secondary N) is 1. The van der Waals surface area contributed by atoms with E-state index in [0.717, 1.165) is 22.5 Å². The summed E-state index contributed by atoms with van der Waals surface area (Å²) < 4.78 is 1.73. The Morgan fingerprint density at radius 3 is 2.63 bits per heavy atom. The summed E-state index contributed by atoms with van der Waals surface area (Å²) in [5.74, 6) is 0.410. The van der Waals surface area contributed by atoms with Crippen molar-refractivity contribution in [2.45, 2.75) is 26.8 Å². The number of carbonyl (C=O) groups excluding carboxylic acids is 1. The maximum absolute atomic E-state index is 12.7. The molecule has 0 unspecified atom stereocenters. The number of amides is 1. The normalized spacial score (nSPS) is 12.0. The van der Waals surface area contributed by atoms with Crippen LogP contribution in [-0.2, 0) is 4.79 Å². The van der Waals surface area contributed by atoms with Gasteiger partial charge in [-0.3, -0.25) is 19.8 Å². The van der Waals surface area contributed by atoms with Crippen molar-refractivity contribution in [1.29, 1.82) is 0 Å². The van der Waals surface area contributed by atoms with Gasteiger partial charge in [-0.1, -0.05) is 30.3 Å². The summed E-state index contributed by atoms with van der Waals surface area (Å²) in [4.78, 5) is 25.2. The van der Waals surface area contributed by atoms with Crippen molar-refractivity contribution in [3.63, 3.8) is 0 Å². The van der Waals surface area contributed by atoms with Crippen molar-refractivity contribution in [1.82, 2.24) is 14.7 Å². The average Bonchev–Trinajstić information content (AvgIpc) is 3.07. The quantitative estimate of drug-likeness (QED) is 0.471. The molecule has 1 aromatic heterocycles. The summed E-state index contributed by atoms with van der Waals surface area (Å²) in [7, 11) is 1.81. The van der Waals surface area contributed by atoms with Crippen molar-refractivity contribution in [2.75, 3.05) is 18.9 Å². The highest BCUT2D eigenvalue weighted by Crippen LogP contribution is 2.23. The molecule has 1 amide bonds. The molecule has 0 radical (unpaired) electrons. The number of non-ortho nitro benzene ring substituents is 1. The van der Waals surface area contributed by atoms with Crippen molar-refractivity contribution in [3.8, 4) is 5.69 Å². The summed E-state index contributed by atoms with van der Waals surface area (Å²) in [5.41, 5.74) is 3.56. The van der Waals surface area contributed by atoms with Gasteiger partial charge in [-0.25, -0.2) is 4.68 Å². The van der Waals surface area contributed by atoms with E-state index in [1.807, 2.05) is 69.1 Å². The van der Waals surface area contributed by atoms with Crippen LogP contribution < -0.4 is 5.32 Å². The van der Waals surface area contributed by atoms with Crippen LogP contribution in [0.3, 0.4) is 0 Å². The van der Waals surface area contributed by atoms with Gasteiger partial charge in [0.05, 0.1) is 22.8 Å². The number of benzene rings is 2. The van der Waals surface area contributed by atoms with E-state index in [9.17, 15) is 14.9 Å². The number of nitro benzene ring substituents is 1. The standard InChI is InChI=1S/C22H25N5O3/c1-15-8-5-6-11-20(15)26-21(12-16(2)24-26)23-22(28)14-25(4)17(3)18-9-7-10-19(13-18)27(29)30/h5-13,17H,14H2,1-4H3,(H,23,28)/t17-/m0/s1. The largest absolute Gasteiger partial charge is 0.309 e. The van der Waals surface area contributed by atoms with Crippen LogP contribution in [0.2, 0.25) is 0 Å². The van der Waals surface area contributed by atoms with Crippen molar-refractivity contribution < 1.29 is 9.72 Å². The lowest BCUT2D eigenvalue weighted by atomic mass is 10.1. The molecule has 8 nitrogen and oxygen atoms in total. The Balaban J connectivity index is 1.73. The van der Waals surface area contributed by atoms with Gasteiger partial charge < -0.3 is 5.32 Å². The van der Waals surface area contributed by atoms with Gasteiger partial charge in [-0.05, 0) is 45.0 Å². The van der Waals surface area contributed by atoms with Crippen molar-refractivity contribution >= 4 is 17.4 Å². The number of likely N-dealkylation sites (N-methyl/N-ethyl adjacent to an activating group) is 1. The Kier molecular flexibility index (Phi) is 6.27. The molecule has 0 saturated carbocycles. The lowest BCUT2D eigenvalue weighted by Gasteiger charge is -2.24. The molecule has 0 aliphatic carbocycles. The molecule has 3 aromatic rings. The number of aryl methyl sites for hydroxylation is 2. The first-order valence-corrected chi connectivity index (χ1v) is 9.63. The molecule has 1 atom stereocenters. The van der Waals surface area contributed by atoms with Crippen LogP contribution in [0.25, 0.3) is 5.69 Å². The van der Waals surface area contributed by atoms with Gasteiger partial charge in [-0.15, -0.1) is 0 Å². The molecule has 0 aliphatic rings. The number of hydrogen-bond acceptors (Lipinski definition) is 5. The number of para-hydroxylation sites is 1. The lowest BCUT2D eigenvalue weighted by Crippen LogP contribution is -2.32. The SMILES string of the molecule is Cc1cc(NC(=O)CN(C)[C@@H](C)c2cccc([N+](=O)[O-])c2)n(-c2ccccc2C)n1. The van der Waals surface area contributed by atoms with Gasteiger partial charge in [0.1, 0.15) is 5.82 Å². The summed E-state index contributed by atoms with van der Waals surface area (Å²) >= 11 is 0. The highest BCUT2D eigenvalue weighted by Gasteiger charge is 2.19. The maximum atomic E-state index is 12.7. The summed E-state index contributed by atoms with van der Waals surface area (Å²) in [6, 6.07) is 16.0. The molecule has 2 aromatic carbocycles. The van der Waals surface area contributed by atoms with E-state index in [4.69, 9.17) is 0 Å². The number of hydrogen-bond donors (Lipinski definition) is 1. The smallest absolute Gasteiger partial charge is 0.269 e. The van der Waals surface area contributed by atoms with E-state index in [1.165, 1.54) is 12.1 Å². The fourth-order valence-corrected chi connectivity index (χ4v) is 3.27. The van der Waals surface area contributed by atoms with Crippen LogP contribution in [-0.4, -0.2) is 39.1 Å². The summed E-state index contributed by atoms with van der Waals surface area (Å²) in [5, 5.41) is 18.5. The third kappa shape index (κ3) is 4.72. The highest BCUT2D eigenvalue weighted by molar-refractivity contribution is 5.91. The first-order valence-electron chi connectivity index (χ1n) is 9.63. The van der Waals surface area contributed by atoms with Gasteiger partial charge >= 0.3 is 0 Å². The number of rotatable bonds is 7. The van der Waals surface area contributed by atoms with Crippen molar-refractivity contribution in [2.24, 2.45) is 0 Å². The van der Waals surface area contributed by atoms with E-state index in [1.54, 1.807) is 10.7 Å². The van der Waals surface area contributed by atoms with E-state index in [0.29, 0.717) is 5.82 Å². The second-order valence-corrected chi connectivity index (χ2v) is 7.36. The number of aromatic nitrogens is 2. The van der Waals surface area contributed by atoms with Gasteiger partial charge in [0.15, 0.2) is 0 Å². The topological polar surface area (TPSA) is 93.3 Å². The number of anilines is 1. The Bertz CT molecular complexity index is 1080. The molecule has 0 aliphatic heterocycles. The number of nitro groups is 1. The van der Waals surface area contributed by atoms with E-state index < -0.39 is 4.92 Å². The van der Waals surface area contributed by atoms with E-state index in [2.05, 4.69) is 10.4 Å². The van der Waals surface area contributed by atoms with Crippen molar-refractivity contribution in [3.05, 3.63) is 81.5 Å². The molecule has 3 rings (SSSR count). The zero-order valence-electron chi connectivity index (χ0n) is 17.5. The zero-order chi connectivity index (χ0) is 21.8. The predicted molar refractivity (Wildman–Crippen MR) is 116 cm³/mol. The molecule has 156 valence electrons. The fraction of sp³-hybridized carbons (Fsp3) is 0.273. The second kappa shape index (κ2) is 8.87. The van der Waals surface area contributed by atoms with Gasteiger partial charge in [0, 0.05) is 24.2 Å². The molecular weight excluding hydrogens is 382 g/mol. The van der Waals surface area contributed by atoms with Crippen LogP contribution in [0.4, 0.5) is 11.5 Å². The molecule has 0 fully saturated rings. The number of carbonyl (C=O) groups is 1. The summed E-state index contributed by atoms with van der Waals surface area (Å²) in [6.07, 6.45) is 0. The summed E-state index contributed by atoms with van der Waals surface area (Å²) in [6.45, 7) is 5.91. The molecule has 8 heteroatoms. The van der Waals surface area contributed by atoms with Gasteiger partial charge in [-0.2, -0.15) is 5.10 Å². The van der Waals surface area contributed by atoms with E-state index in [-0.39, 0.29) is 24.2 Å². The Morgan fingerprint density at radius 2 is 1.93 bits per heavy atom. The fourth-order valence-electron chi connectivity index (χ4n) is 3.27. The van der Waals surface area contributed by atoms with Crippen LogP contribution in [0, 0.1) is 24.0 Å². The zero-order valence-corrected chi connectivity index (χ0v) is 17.5. The molecule has 30 heavy (non-hydrogen) atoms. The highest BCUT2D eigenvalue weighted by atomic mass is 16.6. The molecule has 1 heterocycles. The van der Waals surface area contributed by atoms with Gasteiger partial charge in [0.25, 0.3) is 5.69 Å². The minimum Gasteiger partial charge on any atom is -0.309 e. The van der Waals surface area contributed by atoms with Crippen LogP contribution in [0.5, 0.6) is 0 Å². The molecule has 1 N–H and O–H groups in total. The third-order valence-corrected chi connectivity index (χ3v) is 5.06. The van der Waals surface area contributed by atoms with Gasteiger partial charge in [0.2, 0.25) is 5.91 Å². The first kappa shape index (κ1) is 21.2. The minimum atomic E-state index is -0.419. The van der Waals surface area contributed by atoms with Crippen LogP contribution >= 0.6 is 0 Å².